The van der Waals surface area contributed by atoms with Crippen molar-refractivity contribution in [2.75, 3.05) is 0 Å². The van der Waals surface area contributed by atoms with Crippen molar-refractivity contribution in [3.63, 3.8) is 0 Å². The molecule has 2 aliphatic rings. The van der Waals surface area contributed by atoms with E-state index in [1.54, 1.807) is 0 Å². The van der Waals surface area contributed by atoms with Crippen molar-refractivity contribution in [1.82, 2.24) is 0 Å². The van der Waals surface area contributed by atoms with Gasteiger partial charge in [-0.25, -0.2) is 0 Å². The second-order valence-electron chi connectivity index (χ2n) is 5.70. The molecule has 0 spiro atoms. The number of hydrogen-bond acceptors (Lipinski definition) is 2. The Hall–Kier alpha value is -1.12. The van der Waals surface area contributed by atoms with E-state index in [1.807, 2.05) is 0 Å². The van der Waals surface area contributed by atoms with Crippen LogP contribution in [0.15, 0.2) is 12.2 Å². The number of carbonyl (C=O) groups excluding carboxylic acids is 1. The summed E-state index contributed by atoms with van der Waals surface area (Å²) in [7, 11) is 0. The minimum Gasteiger partial charge on any atom is -0.481 e. The highest BCUT2D eigenvalue weighted by Gasteiger charge is 2.46. The van der Waals surface area contributed by atoms with Gasteiger partial charge in [-0.15, -0.1) is 0 Å². The van der Waals surface area contributed by atoms with E-state index < -0.39 is 5.97 Å². The summed E-state index contributed by atoms with van der Waals surface area (Å²) >= 11 is 0. The van der Waals surface area contributed by atoms with E-state index in [1.165, 1.54) is 25.5 Å². The lowest BCUT2D eigenvalue weighted by Crippen LogP contribution is -2.22. The molecule has 0 aliphatic heterocycles. The predicted octanol–water partition coefficient (Wildman–Crippen LogP) is 3.05. The van der Waals surface area contributed by atoms with Gasteiger partial charge in [-0.1, -0.05) is 12.2 Å². The van der Waals surface area contributed by atoms with Gasteiger partial charge in [0.25, 0.3) is 0 Å². The Morgan fingerprint density at radius 3 is 2.72 bits per heavy atom. The molecule has 0 aromatic carbocycles. The number of unbranched alkanes of at least 4 members (excludes halogenated alkanes) is 1. The van der Waals surface area contributed by atoms with Gasteiger partial charge in [0.1, 0.15) is 6.29 Å². The summed E-state index contributed by atoms with van der Waals surface area (Å²) in [6.45, 7) is 0. The molecular formula is C15H22O3. The van der Waals surface area contributed by atoms with E-state index in [0.29, 0.717) is 18.3 Å². The van der Waals surface area contributed by atoms with Crippen molar-refractivity contribution < 1.29 is 14.7 Å². The van der Waals surface area contributed by atoms with E-state index in [-0.39, 0.29) is 12.3 Å². The standard InChI is InChI=1S/C15H22O3/c16-10-14-12-8-7-11(9-12)13(14)5-3-1-2-4-6-15(17)18/h1,3,10-14H,2,4-9H2,(H,17,18)/t11-,12+,13-,14+/m1/s1. The average Bonchev–Trinajstić information content (AvgIpc) is 2.93. The van der Waals surface area contributed by atoms with Crippen molar-refractivity contribution in [1.29, 1.82) is 0 Å². The number of carboxylic acid groups (broad SMARTS) is 1. The van der Waals surface area contributed by atoms with Gasteiger partial charge in [0, 0.05) is 12.3 Å². The zero-order chi connectivity index (χ0) is 13.0. The molecule has 0 saturated heterocycles. The molecule has 0 aromatic rings. The summed E-state index contributed by atoms with van der Waals surface area (Å²) in [6, 6.07) is 0. The van der Waals surface area contributed by atoms with Crippen LogP contribution in [0.5, 0.6) is 0 Å². The largest absolute Gasteiger partial charge is 0.481 e. The molecule has 4 atom stereocenters. The molecule has 3 nitrogen and oxygen atoms in total. The Morgan fingerprint density at radius 2 is 2.00 bits per heavy atom. The zero-order valence-corrected chi connectivity index (χ0v) is 10.8. The molecule has 100 valence electrons. The maximum atomic E-state index is 11.1. The SMILES string of the molecule is O=C[C@H]1[C@H]2CC[C@H](C2)[C@H]1CC=CCCCC(=O)O. The first-order valence-corrected chi connectivity index (χ1v) is 7.04. The second-order valence-corrected chi connectivity index (χ2v) is 5.70. The third kappa shape index (κ3) is 3.01. The molecule has 0 aromatic heterocycles. The lowest BCUT2D eigenvalue weighted by molar-refractivity contribution is -0.137. The Labute approximate surface area is 108 Å². The van der Waals surface area contributed by atoms with Gasteiger partial charge < -0.3 is 9.90 Å². The molecule has 18 heavy (non-hydrogen) atoms. The van der Waals surface area contributed by atoms with Crippen LogP contribution < -0.4 is 0 Å². The monoisotopic (exact) mass is 250 g/mol. The summed E-state index contributed by atoms with van der Waals surface area (Å²) < 4.78 is 0. The van der Waals surface area contributed by atoms with Crippen LogP contribution in [-0.2, 0) is 9.59 Å². The van der Waals surface area contributed by atoms with Crippen LogP contribution in [0.4, 0.5) is 0 Å². The number of hydrogen-bond donors (Lipinski definition) is 1. The lowest BCUT2D eigenvalue weighted by atomic mass is 9.78. The van der Waals surface area contributed by atoms with Gasteiger partial charge >= 0.3 is 5.97 Å². The Kier molecular flexibility index (Phi) is 4.56. The van der Waals surface area contributed by atoms with Crippen molar-refractivity contribution in [3.05, 3.63) is 12.2 Å². The summed E-state index contributed by atoms with van der Waals surface area (Å²) in [4.78, 5) is 21.5. The van der Waals surface area contributed by atoms with E-state index >= 15 is 0 Å². The van der Waals surface area contributed by atoms with Gasteiger partial charge in [-0.05, 0) is 56.3 Å². The van der Waals surface area contributed by atoms with Crippen molar-refractivity contribution in [2.45, 2.75) is 44.9 Å². The Balaban J connectivity index is 1.71. The quantitative estimate of drug-likeness (QED) is 0.429. The summed E-state index contributed by atoms with van der Waals surface area (Å²) in [6.07, 6.45) is 12.0. The molecule has 0 heterocycles. The van der Waals surface area contributed by atoms with E-state index in [9.17, 15) is 9.59 Å². The maximum Gasteiger partial charge on any atom is 0.303 e. The van der Waals surface area contributed by atoms with Crippen molar-refractivity contribution in [3.8, 4) is 0 Å². The third-order valence-corrected chi connectivity index (χ3v) is 4.65. The maximum absolute atomic E-state index is 11.1. The number of carboxylic acids is 1. The van der Waals surface area contributed by atoms with E-state index in [2.05, 4.69) is 12.2 Å². The molecular weight excluding hydrogens is 228 g/mol. The molecule has 2 rings (SSSR count). The highest BCUT2D eigenvalue weighted by Crippen LogP contribution is 2.52. The van der Waals surface area contributed by atoms with Crippen molar-refractivity contribution in [2.24, 2.45) is 23.7 Å². The number of rotatable bonds is 7. The van der Waals surface area contributed by atoms with Gasteiger partial charge in [-0.2, -0.15) is 0 Å². The highest BCUT2D eigenvalue weighted by atomic mass is 16.4. The van der Waals surface area contributed by atoms with Crippen LogP contribution >= 0.6 is 0 Å². The van der Waals surface area contributed by atoms with E-state index in [4.69, 9.17) is 5.11 Å². The molecule has 0 unspecified atom stereocenters. The minimum absolute atomic E-state index is 0.245. The molecule has 1 N–H and O–H groups in total. The van der Waals surface area contributed by atoms with Crippen LogP contribution in [0.1, 0.15) is 44.9 Å². The zero-order valence-electron chi connectivity index (χ0n) is 10.8. The van der Waals surface area contributed by atoms with Crippen LogP contribution in [0.2, 0.25) is 0 Å². The third-order valence-electron chi connectivity index (χ3n) is 4.65. The first-order chi connectivity index (χ1) is 8.72. The van der Waals surface area contributed by atoms with E-state index in [0.717, 1.165) is 18.8 Å². The fourth-order valence-electron chi connectivity index (χ4n) is 3.76. The molecule has 3 heteroatoms. The van der Waals surface area contributed by atoms with Crippen LogP contribution in [0.25, 0.3) is 0 Å². The summed E-state index contributed by atoms with van der Waals surface area (Å²) in [5.41, 5.74) is 0. The molecule has 2 saturated carbocycles. The van der Waals surface area contributed by atoms with Crippen LogP contribution in [-0.4, -0.2) is 17.4 Å². The fourth-order valence-corrected chi connectivity index (χ4v) is 3.76. The molecule has 2 aliphatic carbocycles. The van der Waals surface area contributed by atoms with Gasteiger partial charge in [0.2, 0.25) is 0 Å². The Bertz CT molecular complexity index is 335. The fraction of sp³-hybridized carbons (Fsp3) is 0.733. The summed E-state index contributed by atoms with van der Waals surface area (Å²) in [5, 5.41) is 8.52. The van der Waals surface area contributed by atoms with Crippen LogP contribution in [0, 0.1) is 23.7 Å². The second kappa shape index (κ2) is 6.17. The molecule has 0 radical (unpaired) electrons. The van der Waals surface area contributed by atoms with Gasteiger partial charge in [-0.3, -0.25) is 4.79 Å². The highest BCUT2D eigenvalue weighted by molar-refractivity contribution is 5.66. The number of carbonyl (C=O) groups is 2. The number of aldehydes is 1. The first kappa shape index (κ1) is 13.3. The average molecular weight is 250 g/mol. The smallest absolute Gasteiger partial charge is 0.303 e. The number of fused-ring (bicyclic) bond motifs is 2. The lowest BCUT2D eigenvalue weighted by Gasteiger charge is -2.26. The Morgan fingerprint density at radius 1 is 1.22 bits per heavy atom. The minimum atomic E-state index is -0.725. The molecule has 2 bridgehead atoms. The molecule has 2 fully saturated rings. The molecule has 0 amide bonds. The topological polar surface area (TPSA) is 54.4 Å². The van der Waals surface area contributed by atoms with Gasteiger partial charge in [0.15, 0.2) is 0 Å². The first-order valence-electron chi connectivity index (χ1n) is 7.04. The number of aliphatic carboxylic acids is 1. The summed E-state index contributed by atoms with van der Waals surface area (Å²) in [5.74, 6) is 1.52. The predicted molar refractivity (Wildman–Crippen MR) is 69.1 cm³/mol. The normalized spacial score (nSPS) is 34.2. The van der Waals surface area contributed by atoms with Crippen LogP contribution in [0.3, 0.4) is 0 Å². The van der Waals surface area contributed by atoms with Crippen molar-refractivity contribution >= 4 is 12.3 Å². The van der Waals surface area contributed by atoms with Gasteiger partial charge in [0.05, 0.1) is 0 Å². The number of allylic oxidation sites excluding steroid dienone is 2.